The average molecular weight is 278 g/mol. The molecule has 1 fully saturated rings. The van der Waals surface area contributed by atoms with Crippen molar-refractivity contribution in [3.8, 4) is 0 Å². The second-order valence-corrected chi connectivity index (χ2v) is 5.42. The molecule has 1 atom stereocenters. The Hall–Kier alpha value is -1.82. The molecule has 0 spiro atoms. The van der Waals surface area contributed by atoms with Crippen LogP contribution in [0.25, 0.3) is 0 Å². The summed E-state index contributed by atoms with van der Waals surface area (Å²) in [5.74, 6) is 0.945. The highest BCUT2D eigenvalue weighted by Gasteiger charge is 2.22. The van der Waals surface area contributed by atoms with Crippen LogP contribution in [0.1, 0.15) is 16.8 Å². The van der Waals surface area contributed by atoms with Crippen molar-refractivity contribution in [1.29, 1.82) is 0 Å². The largest absolute Gasteiger partial charge is 0.465 e. The fourth-order valence-corrected chi connectivity index (χ4v) is 2.61. The number of rotatable bonds is 4. The molecule has 110 valence electrons. The van der Waals surface area contributed by atoms with E-state index in [1.165, 1.54) is 19.7 Å². The van der Waals surface area contributed by atoms with Gasteiger partial charge in [0, 0.05) is 20.1 Å². The first-order valence-corrected chi connectivity index (χ1v) is 6.74. The van der Waals surface area contributed by atoms with Crippen LogP contribution in [0.3, 0.4) is 0 Å². The van der Waals surface area contributed by atoms with Crippen molar-refractivity contribution < 1.29 is 9.53 Å². The molecular formula is C14H22N4O2. The predicted molar refractivity (Wildman–Crippen MR) is 78.9 cm³/mol. The predicted octanol–water partition coefficient (Wildman–Crippen LogP) is 0.838. The third kappa shape index (κ3) is 3.19. The lowest BCUT2D eigenvalue weighted by Gasteiger charge is -2.22. The second kappa shape index (κ2) is 6.09. The lowest BCUT2D eigenvalue weighted by molar-refractivity contribution is 0.0602. The fourth-order valence-electron chi connectivity index (χ4n) is 2.61. The fraction of sp³-hybridized carbons (Fsp3) is 0.571. The molecule has 1 aliphatic rings. The van der Waals surface area contributed by atoms with Gasteiger partial charge in [0.2, 0.25) is 0 Å². The van der Waals surface area contributed by atoms with Crippen molar-refractivity contribution in [2.24, 2.45) is 5.92 Å². The Morgan fingerprint density at radius 2 is 2.40 bits per heavy atom. The Morgan fingerprint density at radius 3 is 3.00 bits per heavy atom. The summed E-state index contributed by atoms with van der Waals surface area (Å²) in [6.45, 7) is 3.16. The monoisotopic (exact) mass is 278 g/mol. The van der Waals surface area contributed by atoms with E-state index in [0.29, 0.717) is 17.2 Å². The van der Waals surface area contributed by atoms with Crippen LogP contribution in [0.5, 0.6) is 0 Å². The van der Waals surface area contributed by atoms with Gasteiger partial charge in [0.05, 0.1) is 24.6 Å². The number of methoxy groups -OCH3 is 1. The molecule has 6 heteroatoms. The molecule has 6 nitrogen and oxygen atoms in total. The average Bonchev–Trinajstić information content (AvgIpc) is 2.83. The molecule has 0 saturated carbocycles. The van der Waals surface area contributed by atoms with E-state index in [0.717, 1.165) is 25.5 Å². The minimum atomic E-state index is -0.430. The third-order valence-corrected chi connectivity index (χ3v) is 3.74. The first kappa shape index (κ1) is 14.6. The maximum atomic E-state index is 11.6. The maximum Gasteiger partial charge on any atom is 0.340 e. The number of nitrogens with two attached hydrogens (primary N) is 1. The van der Waals surface area contributed by atoms with Crippen LogP contribution < -0.4 is 10.6 Å². The molecule has 0 radical (unpaired) electrons. The summed E-state index contributed by atoms with van der Waals surface area (Å²) in [6, 6.07) is 1.69. The molecule has 1 aliphatic heterocycles. The molecule has 20 heavy (non-hydrogen) atoms. The van der Waals surface area contributed by atoms with Gasteiger partial charge in [-0.1, -0.05) is 0 Å². The van der Waals surface area contributed by atoms with E-state index < -0.39 is 5.97 Å². The number of nitrogen functional groups attached to an aromatic ring is 1. The quantitative estimate of drug-likeness (QED) is 0.823. The number of aromatic nitrogens is 1. The van der Waals surface area contributed by atoms with Gasteiger partial charge in [0.25, 0.3) is 0 Å². The Labute approximate surface area is 119 Å². The number of carbonyl (C=O) groups is 1. The highest BCUT2D eigenvalue weighted by molar-refractivity contribution is 5.95. The molecule has 1 unspecified atom stereocenters. The Kier molecular flexibility index (Phi) is 4.44. The molecule has 0 amide bonds. The first-order valence-electron chi connectivity index (χ1n) is 6.74. The van der Waals surface area contributed by atoms with E-state index in [1.807, 2.05) is 7.05 Å². The van der Waals surface area contributed by atoms with Gasteiger partial charge < -0.3 is 20.3 Å². The Morgan fingerprint density at radius 1 is 1.65 bits per heavy atom. The van der Waals surface area contributed by atoms with E-state index in [-0.39, 0.29) is 0 Å². The van der Waals surface area contributed by atoms with Crippen molar-refractivity contribution in [3.63, 3.8) is 0 Å². The number of hydrogen-bond acceptors (Lipinski definition) is 6. The summed E-state index contributed by atoms with van der Waals surface area (Å²) in [4.78, 5) is 20.3. The lowest BCUT2D eigenvalue weighted by atomic mass is 10.1. The van der Waals surface area contributed by atoms with Crippen LogP contribution in [0.4, 0.5) is 11.5 Å². The van der Waals surface area contributed by atoms with Crippen molar-refractivity contribution in [3.05, 3.63) is 17.8 Å². The maximum absolute atomic E-state index is 11.6. The van der Waals surface area contributed by atoms with Gasteiger partial charge in [0.1, 0.15) is 5.82 Å². The molecule has 2 rings (SSSR count). The summed E-state index contributed by atoms with van der Waals surface area (Å²) in [5, 5.41) is 0. The number of anilines is 2. The van der Waals surface area contributed by atoms with Gasteiger partial charge in [-0.15, -0.1) is 0 Å². The second-order valence-electron chi connectivity index (χ2n) is 5.42. The number of esters is 1. The molecule has 1 saturated heterocycles. The molecule has 2 N–H and O–H groups in total. The van der Waals surface area contributed by atoms with Crippen molar-refractivity contribution in [2.75, 3.05) is 51.5 Å². The summed E-state index contributed by atoms with van der Waals surface area (Å²) >= 11 is 0. The normalized spacial score (nSPS) is 19.1. The van der Waals surface area contributed by atoms with E-state index in [2.05, 4.69) is 21.8 Å². The van der Waals surface area contributed by atoms with Gasteiger partial charge in [-0.2, -0.15) is 0 Å². The number of carbonyl (C=O) groups excluding carboxylic acids is 1. The van der Waals surface area contributed by atoms with Gasteiger partial charge in [-0.3, -0.25) is 0 Å². The van der Waals surface area contributed by atoms with Crippen LogP contribution in [-0.2, 0) is 4.74 Å². The molecule has 0 aromatic carbocycles. The highest BCUT2D eigenvalue weighted by atomic mass is 16.5. The van der Waals surface area contributed by atoms with Crippen LogP contribution in [0.15, 0.2) is 12.3 Å². The van der Waals surface area contributed by atoms with Crippen molar-refractivity contribution in [1.82, 2.24) is 9.88 Å². The minimum Gasteiger partial charge on any atom is -0.465 e. The number of ether oxygens (including phenoxy) is 1. The van der Waals surface area contributed by atoms with E-state index in [1.54, 1.807) is 6.07 Å². The van der Waals surface area contributed by atoms with Crippen LogP contribution >= 0.6 is 0 Å². The Bertz CT molecular complexity index is 492. The van der Waals surface area contributed by atoms with Crippen molar-refractivity contribution in [2.45, 2.75) is 6.42 Å². The molecular weight excluding hydrogens is 256 g/mol. The summed E-state index contributed by atoms with van der Waals surface area (Å²) in [5.41, 5.74) is 6.47. The van der Waals surface area contributed by atoms with Gasteiger partial charge in [0.15, 0.2) is 0 Å². The molecule has 1 aromatic heterocycles. The van der Waals surface area contributed by atoms with E-state index in [4.69, 9.17) is 10.5 Å². The zero-order valence-electron chi connectivity index (χ0n) is 12.3. The standard InChI is InChI=1S/C14H22N4O2/c1-17-5-4-10(8-17)9-18(2)13-6-11(14(19)20-3)12(15)7-16-13/h6-7,10H,4-5,8-9,15H2,1-3H3. The topological polar surface area (TPSA) is 71.7 Å². The van der Waals surface area contributed by atoms with Crippen molar-refractivity contribution >= 4 is 17.5 Å². The SMILES string of the molecule is COC(=O)c1cc(N(C)CC2CCN(C)C2)ncc1N. The summed E-state index contributed by atoms with van der Waals surface area (Å²) in [6.07, 6.45) is 2.71. The van der Waals surface area contributed by atoms with Gasteiger partial charge in [-0.05, 0) is 32.0 Å². The first-order chi connectivity index (χ1) is 9.51. The Balaban J connectivity index is 2.09. The van der Waals surface area contributed by atoms with Gasteiger partial charge >= 0.3 is 5.97 Å². The van der Waals surface area contributed by atoms with E-state index >= 15 is 0 Å². The number of pyridine rings is 1. The smallest absolute Gasteiger partial charge is 0.340 e. The molecule has 0 bridgehead atoms. The zero-order valence-corrected chi connectivity index (χ0v) is 12.3. The van der Waals surface area contributed by atoms with E-state index in [9.17, 15) is 4.79 Å². The summed E-state index contributed by atoms with van der Waals surface area (Å²) in [7, 11) is 5.47. The minimum absolute atomic E-state index is 0.342. The number of hydrogen-bond donors (Lipinski definition) is 1. The van der Waals surface area contributed by atoms with Crippen LogP contribution in [0, 0.1) is 5.92 Å². The number of likely N-dealkylation sites (tertiary alicyclic amines) is 1. The van der Waals surface area contributed by atoms with Crippen LogP contribution in [-0.4, -0.2) is 56.7 Å². The lowest BCUT2D eigenvalue weighted by Crippen LogP contribution is -2.28. The number of nitrogens with zero attached hydrogens (tertiary/aromatic N) is 3. The zero-order chi connectivity index (χ0) is 14.7. The van der Waals surface area contributed by atoms with Gasteiger partial charge in [-0.25, -0.2) is 9.78 Å². The molecule has 2 heterocycles. The molecule has 0 aliphatic carbocycles. The van der Waals surface area contributed by atoms with Crippen LogP contribution in [0.2, 0.25) is 0 Å². The summed E-state index contributed by atoms with van der Waals surface area (Å²) < 4.78 is 4.73. The highest BCUT2D eigenvalue weighted by Crippen LogP contribution is 2.21. The molecule has 1 aromatic rings. The third-order valence-electron chi connectivity index (χ3n) is 3.74.